The zero-order valence-corrected chi connectivity index (χ0v) is 12.7. The predicted molar refractivity (Wildman–Crippen MR) is 78.5 cm³/mol. The van der Waals surface area contributed by atoms with Crippen molar-refractivity contribution in [2.45, 2.75) is 56.5 Å². The number of rotatable bonds is 5. The topological polar surface area (TPSA) is 85.1 Å². The second kappa shape index (κ2) is 6.65. The highest BCUT2D eigenvalue weighted by atomic mass is 32.2. The van der Waals surface area contributed by atoms with Gasteiger partial charge in [-0.15, -0.1) is 0 Å². The normalized spacial score (nSPS) is 23.7. The molecule has 1 aromatic heterocycles. The van der Waals surface area contributed by atoms with Crippen molar-refractivity contribution in [3.8, 4) is 0 Å². The summed E-state index contributed by atoms with van der Waals surface area (Å²) in [6.45, 7) is 2.24. The summed E-state index contributed by atoms with van der Waals surface area (Å²) in [5.74, 6) is 0.427. The van der Waals surface area contributed by atoms with Crippen LogP contribution >= 0.6 is 0 Å². The molecule has 1 aliphatic rings. The molecule has 0 bridgehead atoms. The van der Waals surface area contributed by atoms with Crippen molar-refractivity contribution in [1.82, 2.24) is 9.71 Å². The number of sulfonamides is 1. The third-order valence-corrected chi connectivity index (χ3v) is 5.64. The van der Waals surface area contributed by atoms with Gasteiger partial charge < -0.3 is 5.73 Å². The molecule has 0 radical (unpaired) electrons. The summed E-state index contributed by atoms with van der Waals surface area (Å²) in [4.78, 5) is 4.26. The van der Waals surface area contributed by atoms with E-state index in [1.54, 1.807) is 18.3 Å². The van der Waals surface area contributed by atoms with Gasteiger partial charge in [0.15, 0.2) is 0 Å². The standard InChI is InChI=1S/C14H23N3O2S/c1-2-11-6-3-4-7-12(11)17-20(18,19)14-8-5-9-16-13(14)10-15/h5,8-9,11-12,17H,2-4,6-7,10,15H2,1H3. The SMILES string of the molecule is CCC1CCCCC1NS(=O)(=O)c1cccnc1CN. The zero-order chi connectivity index (χ0) is 14.6. The molecule has 0 saturated heterocycles. The van der Waals surface area contributed by atoms with E-state index in [0.29, 0.717) is 11.6 Å². The van der Waals surface area contributed by atoms with Gasteiger partial charge in [0, 0.05) is 18.8 Å². The highest BCUT2D eigenvalue weighted by molar-refractivity contribution is 7.89. The van der Waals surface area contributed by atoms with Crippen molar-refractivity contribution in [3.63, 3.8) is 0 Å². The Morgan fingerprint density at radius 1 is 1.40 bits per heavy atom. The summed E-state index contributed by atoms with van der Waals surface area (Å²) in [6, 6.07) is 3.23. The molecule has 0 spiro atoms. The molecule has 1 heterocycles. The Morgan fingerprint density at radius 3 is 2.85 bits per heavy atom. The van der Waals surface area contributed by atoms with Crippen LogP contribution in [0.3, 0.4) is 0 Å². The van der Waals surface area contributed by atoms with Gasteiger partial charge in [-0.2, -0.15) is 0 Å². The molecule has 2 unspecified atom stereocenters. The Balaban J connectivity index is 2.22. The minimum absolute atomic E-state index is 0.0320. The minimum atomic E-state index is -3.54. The van der Waals surface area contributed by atoms with E-state index in [2.05, 4.69) is 16.6 Å². The summed E-state index contributed by atoms with van der Waals surface area (Å²) in [5, 5.41) is 0. The van der Waals surface area contributed by atoms with E-state index >= 15 is 0 Å². The monoisotopic (exact) mass is 297 g/mol. The number of nitrogens with zero attached hydrogens (tertiary/aromatic N) is 1. The van der Waals surface area contributed by atoms with Crippen LogP contribution in [-0.2, 0) is 16.6 Å². The number of pyridine rings is 1. The molecule has 5 nitrogen and oxygen atoms in total. The molecular weight excluding hydrogens is 274 g/mol. The van der Waals surface area contributed by atoms with Gasteiger partial charge in [0.2, 0.25) is 10.0 Å². The first-order valence-corrected chi connectivity index (χ1v) is 8.73. The molecule has 0 aromatic carbocycles. The van der Waals surface area contributed by atoms with Crippen LogP contribution in [0.15, 0.2) is 23.2 Å². The van der Waals surface area contributed by atoms with Crippen LogP contribution in [0.5, 0.6) is 0 Å². The van der Waals surface area contributed by atoms with Gasteiger partial charge in [-0.05, 0) is 30.9 Å². The summed E-state index contributed by atoms with van der Waals surface area (Å²) in [5.41, 5.74) is 6.00. The fourth-order valence-electron chi connectivity index (χ4n) is 2.94. The first kappa shape index (κ1) is 15.4. The van der Waals surface area contributed by atoms with Crippen molar-refractivity contribution in [1.29, 1.82) is 0 Å². The molecule has 1 saturated carbocycles. The van der Waals surface area contributed by atoms with Crippen molar-refractivity contribution < 1.29 is 8.42 Å². The molecule has 112 valence electrons. The Morgan fingerprint density at radius 2 is 2.15 bits per heavy atom. The van der Waals surface area contributed by atoms with Gasteiger partial charge in [-0.1, -0.05) is 26.2 Å². The average molecular weight is 297 g/mol. The van der Waals surface area contributed by atoms with E-state index in [1.165, 1.54) is 6.42 Å². The van der Waals surface area contributed by atoms with Crippen LogP contribution in [0.4, 0.5) is 0 Å². The lowest BCUT2D eigenvalue weighted by molar-refractivity contribution is 0.282. The molecule has 3 N–H and O–H groups in total. The van der Waals surface area contributed by atoms with Gasteiger partial charge in [0.1, 0.15) is 4.90 Å². The van der Waals surface area contributed by atoms with Crippen LogP contribution in [-0.4, -0.2) is 19.4 Å². The van der Waals surface area contributed by atoms with Gasteiger partial charge in [-0.25, -0.2) is 13.1 Å². The Kier molecular flexibility index (Phi) is 5.12. The zero-order valence-electron chi connectivity index (χ0n) is 11.9. The van der Waals surface area contributed by atoms with Crippen LogP contribution < -0.4 is 10.5 Å². The summed E-state index contributed by atoms with van der Waals surface area (Å²) < 4.78 is 27.9. The maximum atomic E-state index is 12.5. The number of hydrogen-bond acceptors (Lipinski definition) is 4. The van der Waals surface area contributed by atoms with Crippen molar-refractivity contribution in [3.05, 3.63) is 24.0 Å². The van der Waals surface area contributed by atoms with Crippen LogP contribution in [0, 0.1) is 5.92 Å². The predicted octanol–water partition coefficient (Wildman–Crippen LogP) is 1.79. The third kappa shape index (κ3) is 3.37. The van der Waals surface area contributed by atoms with Crippen molar-refractivity contribution in [2.24, 2.45) is 11.7 Å². The highest BCUT2D eigenvalue weighted by Gasteiger charge is 2.29. The molecule has 2 rings (SSSR count). The molecule has 1 aliphatic carbocycles. The van der Waals surface area contributed by atoms with E-state index in [9.17, 15) is 8.42 Å². The molecule has 0 amide bonds. The maximum Gasteiger partial charge on any atom is 0.242 e. The summed E-state index contributed by atoms with van der Waals surface area (Å²) in [7, 11) is -3.54. The van der Waals surface area contributed by atoms with Crippen LogP contribution in [0.1, 0.15) is 44.7 Å². The maximum absolute atomic E-state index is 12.5. The van der Waals surface area contributed by atoms with Crippen molar-refractivity contribution >= 4 is 10.0 Å². The second-order valence-corrected chi connectivity index (χ2v) is 7.02. The summed E-state index contributed by atoms with van der Waals surface area (Å²) in [6.07, 6.45) is 6.86. The van der Waals surface area contributed by atoms with Crippen LogP contribution in [0.25, 0.3) is 0 Å². The first-order valence-electron chi connectivity index (χ1n) is 7.24. The van der Waals surface area contributed by atoms with E-state index in [4.69, 9.17) is 5.73 Å². The molecule has 6 heteroatoms. The number of hydrogen-bond donors (Lipinski definition) is 2. The molecular formula is C14H23N3O2S. The average Bonchev–Trinajstić information content (AvgIpc) is 2.47. The smallest absolute Gasteiger partial charge is 0.242 e. The lowest BCUT2D eigenvalue weighted by atomic mass is 9.83. The number of nitrogens with one attached hydrogen (secondary N) is 1. The van der Waals surface area contributed by atoms with Gasteiger partial charge in [0.05, 0.1) is 5.69 Å². The lowest BCUT2D eigenvalue weighted by Gasteiger charge is -2.31. The van der Waals surface area contributed by atoms with E-state index in [-0.39, 0.29) is 17.5 Å². The Hall–Kier alpha value is -0.980. The quantitative estimate of drug-likeness (QED) is 0.867. The Labute approximate surface area is 121 Å². The molecule has 1 fully saturated rings. The highest BCUT2D eigenvalue weighted by Crippen LogP contribution is 2.28. The van der Waals surface area contributed by atoms with E-state index < -0.39 is 10.0 Å². The Bertz CT molecular complexity index is 545. The van der Waals surface area contributed by atoms with Crippen molar-refractivity contribution in [2.75, 3.05) is 0 Å². The van der Waals surface area contributed by atoms with E-state index in [0.717, 1.165) is 25.7 Å². The van der Waals surface area contributed by atoms with Crippen LogP contribution in [0.2, 0.25) is 0 Å². The second-order valence-electron chi connectivity index (χ2n) is 5.33. The summed E-state index contributed by atoms with van der Waals surface area (Å²) >= 11 is 0. The fraction of sp³-hybridized carbons (Fsp3) is 0.643. The number of nitrogens with two attached hydrogens (primary N) is 1. The molecule has 20 heavy (non-hydrogen) atoms. The fourth-order valence-corrected chi connectivity index (χ4v) is 4.48. The molecule has 1 aromatic rings. The first-order chi connectivity index (χ1) is 9.58. The largest absolute Gasteiger partial charge is 0.325 e. The molecule has 0 aliphatic heterocycles. The van der Waals surface area contributed by atoms with Gasteiger partial charge >= 0.3 is 0 Å². The third-order valence-electron chi connectivity index (χ3n) is 4.07. The lowest BCUT2D eigenvalue weighted by Crippen LogP contribution is -2.42. The number of aromatic nitrogens is 1. The van der Waals surface area contributed by atoms with Gasteiger partial charge in [-0.3, -0.25) is 4.98 Å². The van der Waals surface area contributed by atoms with Gasteiger partial charge in [0.25, 0.3) is 0 Å². The van der Waals surface area contributed by atoms with E-state index in [1.807, 2.05) is 0 Å². The molecule has 2 atom stereocenters. The minimum Gasteiger partial charge on any atom is -0.325 e.